The Bertz CT molecular complexity index is 972. The Hall–Kier alpha value is -2.33. The van der Waals surface area contributed by atoms with Crippen LogP contribution < -0.4 is 5.73 Å². The van der Waals surface area contributed by atoms with Crippen molar-refractivity contribution in [2.45, 2.75) is 12.2 Å². The molecule has 0 heterocycles. The Morgan fingerprint density at radius 1 is 0.727 bits per heavy atom. The van der Waals surface area contributed by atoms with Crippen LogP contribution in [0.4, 0.5) is 13.2 Å². The first-order valence-electron chi connectivity index (χ1n) is 6.95. The largest absolute Gasteiger partial charge is 0.407 e. The van der Waals surface area contributed by atoms with Crippen molar-refractivity contribution in [3.8, 4) is 0 Å². The van der Waals surface area contributed by atoms with Crippen LogP contribution in [0.15, 0.2) is 54.6 Å². The Labute approximate surface area is 124 Å². The first kappa shape index (κ1) is 13.3. The molecule has 1 nitrogen and oxygen atoms in total. The molecule has 0 unspecified atom stereocenters. The first-order valence-corrected chi connectivity index (χ1v) is 6.95. The van der Waals surface area contributed by atoms with E-state index < -0.39 is 12.2 Å². The van der Waals surface area contributed by atoms with E-state index in [1.807, 2.05) is 36.4 Å². The van der Waals surface area contributed by atoms with Gasteiger partial charge in [0.1, 0.15) is 6.04 Å². The number of nitrogens with two attached hydrogens (primary N) is 1. The molecule has 0 amide bonds. The lowest BCUT2D eigenvalue weighted by Gasteiger charge is -2.20. The minimum atomic E-state index is -4.46. The lowest BCUT2D eigenvalue weighted by atomic mass is 9.90. The molecule has 0 bridgehead atoms. The second-order valence-electron chi connectivity index (χ2n) is 5.53. The van der Waals surface area contributed by atoms with Crippen LogP contribution in [0, 0.1) is 0 Å². The van der Waals surface area contributed by atoms with Gasteiger partial charge in [0.25, 0.3) is 0 Å². The first-order chi connectivity index (χ1) is 10.5. The zero-order valence-corrected chi connectivity index (χ0v) is 11.5. The van der Waals surface area contributed by atoms with Crippen LogP contribution >= 0.6 is 0 Å². The van der Waals surface area contributed by atoms with E-state index in [1.165, 1.54) is 6.07 Å². The van der Waals surface area contributed by atoms with Crippen molar-refractivity contribution >= 4 is 32.3 Å². The van der Waals surface area contributed by atoms with Crippen molar-refractivity contribution in [1.82, 2.24) is 0 Å². The van der Waals surface area contributed by atoms with E-state index in [0.29, 0.717) is 5.39 Å². The monoisotopic (exact) mass is 299 g/mol. The van der Waals surface area contributed by atoms with E-state index in [9.17, 15) is 13.2 Å². The van der Waals surface area contributed by atoms with Crippen LogP contribution in [0.5, 0.6) is 0 Å². The third-order valence-electron chi connectivity index (χ3n) is 4.25. The maximum atomic E-state index is 13.0. The molecule has 0 saturated carbocycles. The third-order valence-corrected chi connectivity index (χ3v) is 4.25. The molecule has 0 aliphatic rings. The number of halogens is 3. The summed E-state index contributed by atoms with van der Waals surface area (Å²) in [5, 5.41) is 5.40. The molecule has 4 aromatic carbocycles. The van der Waals surface area contributed by atoms with Gasteiger partial charge in [0.05, 0.1) is 0 Å². The van der Waals surface area contributed by atoms with Gasteiger partial charge in [0, 0.05) is 0 Å². The molecule has 4 heteroatoms. The number of rotatable bonds is 1. The summed E-state index contributed by atoms with van der Waals surface area (Å²) in [6.45, 7) is 0. The highest BCUT2D eigenvalue weighted by molar-refractivity contribution is 6.23. The maximum Gasteiger partial charge on any atom is 0.407 e. The fourth-order valence-corrected chi connectivity index (χ4v) is 3.21. The van der Waals surface area contributed by atoms with Gasteiger partial charge in [0.15, 0.2) is 0 Å². The van der Waals surface area contributed by atoms with Crippen LogP contribution in [-0.2, 0) is 0 Å². The van der Waals surface area contributed by atoms with Crippen molar-refractivity contribution in [1.29, 1.82) is 0 Å². The molecule has 110 valence electrons. The molecular formula is C18H12F3N. The fourth-order valence-electron chi connectivity index (χ4n) is 3.21. The van der Waals surface area contributed by atoms with Crippen LogP contribution in [0.3, 0.4) is 0 Å². The highest BCUT2D eigenvalue weighted by atomic mass is 19.4. The molecule has 1 atom stereocenters. The molecule has 0 radical (unpaired) electrons. The van der Waals surface area contributed by atoms with Gasteiger partial charge in [-0.15, -0.1) is 0 Å². The van der Waals surface area contributed by atoms with E-state index in [4.69, 9.17) is 5.73 Å². The average molecular weight is 299 g/mol. The van der Waals surface area contributed by atoms with Crippen molar-refractivity contribution < 1.29 is 13.2 Å². The summed E-state index contributed by atoms with van der Waals surface area (Å²) in [5.74, 6) is 0. The van der Waals surface area contributed by atoms with Crippen LogP contribution in [-0.4, -0.2) is 6.18 Å². The summed E-state index contributed by atoms with van der Waals surface area (Å²) in [6, 6.07) is 14.6. The van der Waals surface area contributed by atoms with E-state index >= 15 is 0 Å². The van der Waals surface area contributed by atoms with E-state index in [1.54, 1.807) is 12.1 Å². The Kier molecular flexibility index (Phi) is 2.63. The van der Waals surface area contributed by atoms with Crippen LogP contribution in [0.25, 0.3) is 32.3 Å². The summed E-state index contributed by atoms with van der Waals surface area (Å²) >= 11 is 0. The van der Waals surface area contributed by atoms with Gasteiger partial charge < -0.3 is 5.73 Å². The normalized spacial score (nSPS) is 14.2. The standard InChI is InChI=1S/C18H12F3N/c19-18(20,21)17(22)14-9-7-12-5-4-10-2-1-3-11-6-8-13(14)16(12)15(10)11/h1-9,17H,22H2/t17-/m0/s1. The molecule has 0 aliphatic heterocycles. The summed E-state index contributed by atoms with van der Waals surface area (Å²) in [5.41, 5.74) is 5.57. The Morgan fingerprint density at radius 3 is 1.91 bits per heavy atom. The summed E-state index contributed by atoms with van der Waals surface area (Å²) in [6.07, 6.45) is -4.46. The lowest BCUT2D eigenvalue weighted by molar-refractivity contribution is -0.148. The second-order valence-corrected chi connectivity index (χ2v) is 5.53. The molecule has 0 fully saturated rings. The van der Waals surface area contributed by atoms with Gasteiger partial charge in [0.2, 0.25) is 0 Å². The zero-order valence-electron chi connectivity index (χ0n) is 11.5. The van der Waals surface area contributed by atoms with Gasteiger partial charge in [-0.2, -0.15) is 13.2 Å². The van der Waals surface area contributed by atoms with E-state index in [0.717, 1.165) is 26.9 Å². The predicted molar refractivity (Wildman–Crippen MR) is 83.1 cm³/mol. The second kappa shape index (κ2) is 4.34. The van der Waals surface area contributed by atoms with Gasteiger partial charge in [-0.1, -0.05) is 54.6 Å². The Morgan fingerprint density at radius 2 is 1.27 bits per heavy atom. The zero-order chi connectivity index (χ0) is 15.5. The quantitative estimate of drug-likeness (QED) is 0.483. The van der Waals surface area contributed by atoms with Crippen LogP contribution in [0.2, 0.25) is 0 Å². The van der Waals surface area contributed by atoms with Crippen molar-refractivity contribution in [2.24, 2.45) is 5.73 Å². The third kappa shape index (κ3) is 1.77. The molecule has 4 aromatic rings. The van der Waals surface area contributed by atoms with E-state index in [-0.39, 0.29) is 5.56 Å². The number of alkyl halides is 3. The van der Waals surface area contributed by atoms with Crippen molar-refractivity contribution in [3.63, 3.8) is 0 Å². The molecular weight excluding hydrogens is 287 g/mol. The average Bonchev–Trinajstić information content (AvgIpc) is 2.51. The molecule has 0 spiro atoms. The molecule has 0 aliphatic carbocycles. The minimum Gasteiger partial charge on any atom is -0.316 e. The van der Waals surface area contributed by atoms with Gasteiger partial charge in [-0.3, -0.25) is 0 Å². The minimum absolute atomic E-state index is 0.123. The molecule has 2 N–H and O–H groups in total. The SMILES string of the molecule is N[C@@H](c1ccc2ccc3cccc4ccc1c2c34)C(F)(F)F. The number of hydrogen-bond donors (Lipinski definition) is 1. The van der Waals surface area contributed by atoms with E-state index in [2.05, 4.69) is 0 Å². The van der Waals surface area contributed by atoms with Crippen molar-refractivity contribution in [3.05, 3.63) is 60.2 Å². The summed E-state index contributed by atoms with van der Waals surface area (Å²) in [7, 11) is 0. The number of benzene rings is 4. The van der Waals surface area contributed by atoms with Gasteiger partial charge in [-0.25, -0.2) is 0 Å². The van der Waals surface area contributed by atoms with Gasteiger partial charge >= 0.3 is 6.18 Å². The highest BCUT2D eigenvalue weighted by Gasteiger charge is 2.38. The highest BCUT2D eigenvalue weighted by Crippen LogP contribution is 2.40. The van der Waals surface area contributed by atoms with Crippen LogP contribution in [0.1, 0.15) is 11.6 Å². The summed E-state index contributed by atoms with van der Waals surface area (Å²) < 4.78 is 39.1. The molecule has 0 aromatic heterocycles. The molecule has 4 rings (SSSR count). The van der Waals surface area contributed by atoms with Gasteiger partial charge in [-0.05, 0) is 37.9 Å². The number of hydrogen-bond acceptors (Lipinski definition) is 1. The topological polar surface area (TPSA) is 26.0 Å². The lowest BCUT2D eigenvalue weighted by Crippen LogP contribution is -2.28. The smallest absolute Gasteiger partial charge is 0.316 e. The van der Waals surface area contributed by atoms with Crippen molar-refractivity contribution in [2.75, 3.05) is 0 Å². The molecule has 0 saturated heterocycles. The predicted octanol–water partition coefficient (Wildman–Crippen LogP) is 5.15. The summed E-state index contributed by atoms with van der Waals surface area (Å²) in [4.78, 5) is 0. The maximum absolute atomic E-state index is 13.0. The fraction of sp³-hybridized carbons (Fsp3) is 0.111. The Balaban J connectivity index is 2.17. The molecule has 22 heavy (non-hydrogen) atoms.